The van der Waals surface area contributed by atoms with Gasteiger partial charge in [0, 0.05) is 50.8 Å². The summed E-state index contributed by atoms with van der Waals surface area (Å²) in [5.74, 6) is 0.849. The third-order valence-corrected chi connectivity index (χ3v) is 5.98. The maximum atomic E-state index is 6.07. The van der Waals surface area contributed by atoms with Crippen LogP contribution in [0.2, 0.25) is 5.02 Å². The number of methoxy groups -OCH3 is 1. The molecule has 30 heavy (non-hydrogen) atoms. The first-order valence-corrected chi connectivity index (χ1v) is 10.8. The van der Waals surface area contributed by atoms with Crippen LogP contribution in [0.5, 0.6) is 0 Å². The Morgan fingerprint density at radius 2 is 2.07 bits per heavy atom. The molecule has 1 aliphatic rings. The first kappa shape index (κ1) is 24.9. The van der Waals surface area contributed by atoms with Crippen LogP contribution in [0.15, 0.2) is 47.7 Å². The van der Waals surface area contributed by atoms with E-state index in [-0.39, 0.29) is 30.0 Å². The molecule has 166 valence electrons. The minimum Gasteiger partial charge on any atom is -0.385 e. The van der Waals surface area contributed by atoms with Crippen molar-refractivity contribution in [2.75, 3.05) is 33.4 Å². The second-order valence-electron chi connectivity index (χ2n) is 7.73. The molecule has 3 rings (SSSR count). The van der Waals surface area contributed by atoms with Gasteiger partial charge in [-0.2, -0.15) is 5.10 Å². The van der Waals surface area contributed by atoms with Crippen LogP contribution in [0.25, 0.3) is 0 Å². The quantitative estimate of drug-likeness (QED) is 0.262. The van der Waals surface area contributed by atoms with E-state index >= 15 is 0 Å². The predicted molar refractivity (Wildman–Crippen MR) is 134 cm³/mol. The Hall–Kier alpha value is -1.32. The molecular weight excluding hydrogens is 513 g/mol. The van der Waals surface area contributed by atoms with Crippen LogP contribution in [0.3, 0.4) is 0 Å². The Balaban J connectivity index is 0.00000320. The summed E-state index contributed by atoms with van der Waals surface area (Å²) in [6, 6.07) is 9.94. The molecule has 1 atom stereocenters. The van der Waals surface area contributed by atoms with Gasteiger partial charge in [-0.3, -0.25) is 9.67 Å². The van der Waals surface area contributed by atoms with Crippen molar-refractivity contribution >= 4 is 41.5 Å². The largest absolute Gasteiger partial charge is 0.385 e. The third-order valence-electron chi connectivity index (χ3n) is 5.73. The van der Waals surface area contributed by atoms with E-state index in [4.69, 9.17) is 21.3 Å². The number of benzene rings is 1. The number of guanidine groups is 1. The highest BCUT2D eigenvalue weighted by Crippen LogP contribution is 2.44. The molecule has 0 spiro atoms. The van der Waals surface area contributed by atoms with Crippen molar-refractivity contribution < 1.29 is 4.74 Å². The number of rotatable bonds is 10. The van der Waals surface area contributed by atoms with E-state index in [1.54, 1.807) is 13.3 Å². The summed E-state index contributed by atoms with van der Waals surface area (Å²) in [5, 5.41) is 12.1. The van der Waals surface area contributed by atoms with Crippen molar-refractivity contribution in [1.82, 2.24) is 20.4 Å². The Morgan fingerprint density at radius 3 is 2.63 bits per heavy atom. The molecule has 0 bridgehead atoms. The number of hydrogen-bond acceptors (Lipinski definition) is 3. The lowest BCUT2D eigenvalue weighted by Gasteiger charge is -2.40. The molecule has 0 aliphatic heterocycles. The van der Waals surface area contributed by atoms with Crippen molar-refractivity contribution in [2.24, 2.45) is 10.4 Å². The number of aliphatic imine (C=N–C) groups is 1. The summed E-state index contributed by atoms with van der Waals surface area (Å²) in [4.78, 5) is 4.91. The predicted octanol–water partition coefficient (Wildman–Crippen LogP) is 4.51. The lowest BCUT2D eigenvalue weighted by atomic mass is 9.67. The summed E-state index contributed by atoms with van der Waals surface area (Å²) in [5.41, 5.74) is 1.45. The van der Waals surface area contributed by atoms with E-state index in [0.29, 0.717) is 12.0 Å². The molecule has 2 aromatic rings. The number of nitrogens with one attached hydrogen (secondary N) is 2. The van der Waals surface area contributed by atoms with Crippen LogP contribution in [-0.2, 0) is 4.74 Å². The number of nitrogens with zero attached hydrogens (tertiary/aromatic N) is 3. The molecule has 1 fully saturated rings. The summed E-state index contributed by atoms with van der Waals surface area (Å²) in [7, 11) is 1.77. The van der Waals surface area contributed by atoms with Crippen LogP contribution >= 0.6 is 35.6 Å². The number of ether oxygens (including phenoxy) is 1. The van der Waals surface area contributed by atoms with E-state index in [1.165, 1.54) is 19.3 Å². The second-order valence-corrected chi connectivity index (χ2v) is 8.16. The number of hydrogen-bond donors (Lipinski definition) is 2. The van der Waals surface area contributed by atoms with Gasteiger partial charge in [-0.05, 0) is 55.4 Å². The Bertz CT molecular complexity index is 762. The topological polar surface area (TPSA) is 63.5 Å². The molecule has 1 unspecified atom stereocenters. The monoisotopic (exact) mass is 545 g/mol. The molecule has 1 aliphatic carbocycles. The zero-order valence-electron chi connectivity index (χ0n) is 17.8. The normalized spacial score (nSPS) is 16.3. The van der Waals surface area contributed by atoms with Gasteiger partial charge in [0.25, 0.3) is 0 Å². The van der Waals surface area contributed by atoms with Crippen molar-refractivity contribution in [2.45, 2.75) is 38.6 Å². The molecule has 2 N–H and O–H groups in total. The van der Waals surface area contributed by atoms with Gasteiger partial charge in [-0.25, -0.2) is 0 Å². The fourth-order valence-corrected chi connectivity index (χ4v) is 3.90. The molecule has 6 nitrogen and oxygen atoms in total. The maximum Gasteiger partial charge on any atom is 0.191 e. The number of halogens is 2. The molecule has 0 saturated heterocycles. The van der Waals surface area contributed by atoms with Gasteiger partial charge < -0.3 is 15.4 Å². The molecule has 1 aromatic heterocycles. The summed E-state index contributed by atoms with van der Waals surface area (Å²) >= 11 is 6.07. The second kappa shape index (κ2) is 12.5. The maximum absolute atomic E-state index is 6.07. The van der Waals surface area contributed by atoms with Gasteiger partial charge in [0.15, 0.2) is 5.96 Å². The molecule has 0 amide bonds. The highest BCUT2D eigenvalue weighted by molar-refractivity contribution is 14.0. The lowest BCUT2D eigenvalue weighted by Crippen LogP contribution is -2.42. The van der Waals surface area contributed by atoms with Crippen LogP contribution in [0, 0.1) is 5.41 Å². The average Bonchev–Trinajstić information content (AvgIpc) is 3.22. The minimum atomic E-state index is 0. The molecular formula is C22H33ClIN5O. The minimum absolute atomic E-state index is 0. The first-order chi connectivity index (χ1) is 14.2. The van der Waals surface area contributed by atoms with Gasteiger partial charge in [-0.1, -0.05) is 30.2 Å². The fourth-order valence-electron chi connectivity index (χ4n) is 3.78. The van der Waals surface area contributed by atoms with Crippen LogP contribution in [-0.4, -0.2) is 49.1 Å². The Morgan fingerprint density at radius 1 is 1.30 bits per heavy atom. The Kier molecular flexibility index (Phi) is 10.4. The van der Waals surface area contributed by atoms with Crippen molar-refractivity contribution in [1.29, 1.82) is 0 Å². The van der Waals surface area contributed by atoms with E-state index in [2.05, 4.69) is 34.8 Å². The van der Waals surface area contributed by atoms with Crippen LogP contribution < -0.4 is 10.6 Å². The average molecular weight is 546 g/mol. The summed E-state index contributed by atoms with van der Waals surface area (Å²) in [6.07, 6.45) is 8.63. The molecule has 1 aromatic carbocycles. The SMILES string of the molecule is CCNC(=NCC1(CCOC)CCC1)NCC(c1ccc(Cl)cc1)n1cccn1.I. The standard InChI is InChI=1S/C22H32ClN5O.HI/c1-3-24-21(26-17-22(10-4-11-22)12-15-29-2)25-16-20(28-14-5-13-27-28)18-6-8-19(23)9-7-18;/h5-9,13-14,20H,3-4,10-12,15-17H2,1-2H3,(H2,24,25,26);1H. The molecule has 1 heterocycles. The van der Waals surface area contributed by atoms with Crippen LogP contribution in [0.4, 0.5) is 0 Å². The van der Waals surface area contributed by atoms with Gasteiger partial charge >= 0.3 is 0 Å². The van der Waals surface area contributed by atoms with Gasteiger partial charge in [-0.15, -0.1) is 24.0 Å². The smallest absolute Gasteiger partial charge is 0.191 e. The van der Waals surface area contributed by atoms with Crippen molar-refractivity contribution in [3.05, 3.63) is 53.3 Å². The molecule has 0 radical (unpaired) electrons. The molecule has 8 heteroatoms. The number of aromatic nitrogens is 2. The Labute approximate surface area is 201 Å². The van der Waals surface area contributed by atoms with Crippen LogP contribution in [0.1, 0.15) is 44.2 Å². The zero-order valence-corrected chi connectivity index (χ0v) is 20.9. The summed E-state index contributed by atoms with van der Waals surface area (Å²) < 4.78 is 7.27. The van der Waals surface area contributed by atoms with E-state index in [1.807, 2.05) is 29.1 Å². The van der Waals surface area contributed by atoms with Crippen molar-refractivity contribution in [3.63, 3.8) is 0 Å². The van der Waals surface area contributed by atoms with E-state index in [9.17, 15) is 0 Å². The molecule has 1 saturated carbocycles. The van der Waals surface area contributed by atoms with E-state index in [0.717, 1.165) is 42.7 Å². The van der Waals surface area contributed by atoms with Gasteiger partial charge in [0.1, 0.15) is 0 Å². The highest BCUT2D eigenvalue weighted by atomic mass is 127. The zero-order chi connectivity index (χ0) is 20.5. The van der Waals surface area contributed by atoms with Gasteiger partial charge in [0.05, 0.1) is 6.04 Å². The third kappa shape index (κ3) is 6.85. The first-order valence-electron chi connectivity index (χ1n) is 10.4. The highest BCUT2D eigenvalue weighted by Gasteiger charge is 2.36. The summed E-state index contributed by atoms with van der Waals surface area (Å²) in [6.45, 7) is 5.23. The lowest BCUT2D eigenvalue weighted by molar-refractivity contribution is 0.0778. The van der Waals surface area contributed by atoms with Crippen molar-refractivity contribution in [3.8, 4) is 0 Å². The van der Waals surface area contributed by atoms with Gasteiger partial charge in [0.2, 0.25) is 0 Å². The fraction of sp³-hybridized carbons (Fsp3) is 0.545. The van der Waals surface area contributed by atoms with E-state index < -0.39 is 0 Å².